The average Bonchev–Trinajstić information content (AvgIpc) is 2.80. The number of hydrogen-bond acceptors (Lipinski definition) is 9. The number of piperidine rings is 1. The minimum Gasteiger partial charge on any atom is -0.489 e. The second-order valence-corrected chi connectivity index (χ2v) is 10.4. The van der Waals surface area contributed by atoms with E-state index in [1.54, 1.807) is 24.8 Å². The van der Waals surface area contributed by atoms with Crippen LogP contribution < -0.4 is 14.8 Å². The molecule has 0 aliphatic carbocycles. The number of methoxy groups -OCH3 is 1. The maximum atomic E-state index is 12.2. The fourth-order valence-electron chi connectivity index (χ4n) is 3.43. The molecule has 34 heavy (non-hydrogen) atoms. The molecule has 0 spiro atoms. The van der Waals surface area contributed by atoms with E-state index in [4.69, 9.17) is 14.2 Å². The van der Waals surface area contributed by atoms with Gasteiger partial charge in [-0.2, -0.15) is 9.19 Å². The van der Waals surface area contributed by atoms with Gasteiger partial charge >= 0.3 is 15.9 Å². The van der Waals surface area contributed by atoms with Crippen molar-refractivity contribution >= 4 is 27.4 Å². The fraction of sp³-hybridized carbons (Fsp3) is 0.545. The molecule has 2 aromatic heterocycles. The van der Waals surface area contributed by atoms with Gasteiger partial charge in [0, 0.05) is 25.9 Å². The van der Waals surface area contributed by atoms with Crippen LogP contribution in [0.2, 0.25) is 0 Å². The van der Waals surface area contributed by atoms with E-state index in [9.17, 15) is 13.2 Å². The van der Waals surface area contributed by atoms with E-state index < -0.39 is 9.84 Å². The monoisotopic (exact) mass is 494 g/mol. The first-order valence-electron chi connectivity index (χ1n) is 11.1. The Morgan fingerprint density at radius 1 is 1.29 bits per heavy atom. The molecular formula is C22H32N5O6S+. The van der Waals surface area contributed by atoms with E-state index >= 15 is 0 Å². The zero-order chi connectivity index (χ0) is 24.9. The van der Waals surface area contributed by atoms with Crippen molar-refractivity contribution in [2.75, 3.05) is 31.3 Å². The maximum Gasteiger partial charge on any atom is 0.410 e. The second-order valence-electron chi connectivity index (χ2n) is 8.13. The van der Waals surface area contributed by atoms with Gasteiger partial charge in [0.15, 0.2) is 5.82 Å². The summed E-state index contributed by atoms with van der Waals surface area (Å²) >= 11 is 0. The Hall–Kier alpha value is -3.15. The van der Waals surface area contributed by atoms with E-state index in [1.807, 2.05) is 13.8 Å². The van der Waals surface area contributed by atoms with Gasteiger partial charge in [-0.15, -0.1) is 0 Å². The third-order valence-corrected chi connectivity index (χ3v) is 6.99. The summed E-state index contributed by atoms with van der Waals surface area (Å²) in [6.45, 7) is 8.07. The molecular weight excluding hydrogens is 462 g/mol. The van der Waals surface area contributed by atoms with Gasteiger partial charge in [0.25, 0.3) is 5.88 Å². The summed E-state index contributed by atoms with van der Waals surface area (Å²) in [7, 11) is -1.66. The van der Waals surface area contributed by atoms with Crippen LogP contribution in [-0.2, 0) is 14.6 Å². The van der Waals surface area contributed by atoms with Crippen molar-refractivity contribution < 1.29 is 27.4 Å². The highest BCUT2D eigenvalue weighted by molar-refractivity contribution is 7.91. The summed E-state index contributed by atoms with van der Waals surface area (Å²) in [6.07, 6.45) is 2.01. The lowest BCUT2D eigenvalue weighted by Gasteiger charge is -2.31. The van der Waals surface area contributed by atoms with Crippen molar-refractivity contribution in [2.24, 2.45) is 0 Å². The number of nitrogens with one attached hydrogen (secondary N) is 1. The number of hydrogen-bond donors (Lipinski definition) is 1. The van der Waals surface area contributed by atoms with Crippen molar-refractivity contribution in [3.63, 3.8) is 0 Å². The van der Waals surface area contributed by atoms with Crippen molar-refractivity contribution in [3.05, 3.63) is 24.2 Å². The van der Waals surface area contributed by atoms with Crippen molar-refractivity contribution in [1.82, 2.24) is 19.9 Å². The molecule has 1 fully saturated rings. The summed E-state index contributed by atoms with van der Waals surface area (Å²) < 4.78 is 39.1. The second kappa shape index (κ2) is 10.9. The van der Waals surface area contributed by atoms with Crippen LogP contribution in [0.25, 0.3) is 0 Å². The fourth-order valence-corrected chi connectivity index (χ4v) is 4.28. The number of rotatable bonds is 8. The summed E-state index contributed by atoms with van der Waals surface area (Å²) in [5.41, 5.74) is 1.14. The van der Waals surface area contributed by atoms with Crippen LogP contribution in [0.5, 0.6) is 11.6 Å². The predicted octanol–water partition coefficient (Wildman–Crippen LogP) is 3.27. The Morgan fingerprint density at radius 2 is 2.00 bits per heavy atom. The number of aromatic nitrogens is 3. The molecule has 1 amide bonds. The summed E-state index contributed by atoms with van der Waals surface area (Å²) in [4.78, 5) is 26.5. The summed E-state index contributed by atoms with van der Waals surface area (Å²) in [5, 5.41) is 3.28. The SMILES string of the molecule is CCS(=O)(=[OH+])c1ccc(Nc2ncnc(OC3CCN(C(=O)OC(C)C)CC3)c2OC)c(C)n1. The van der Waals surface area contributed by atoms with E-state index in [-0.39, 0.29) is 35.0 Å². The molecule has 1 aliphatic rings. The van der Waals surface area contributed by atoms with Crippen LogP contribution in [-0.4, -0.2) is 72.5 Å². The zero-order valence-electron chi connectivity index (χ0n) is 20.1. The quantitative estimate of drug-likeness (QED) is 0.548. The van der Waals surface area contributed by atoms with Gasteiger partial charge in [0.05, 0.1) is 30.3 Å². The number of likely N-dealkylation sites (tertiary alicyclic amines) is 1. The van der Waals surface area contributed by atoms with Crippen LogP contribution in [0.1, 0.15) is 39.3 Å². The first kappa shape index (κ1) is 25.5. The van der Waals surface area contributed by atoms with Gasteiger partial charge in [-0.25, -0.2) is 19.0 Å². The number of amides is 1. The molecule has 1 saturated heterocycles. The zero-order valence-corrected chi connectivity index (χ0v) is 20.9. The Labute approximate surface area is 199 Å². The molecule has 3 heterocycles. The van der Waals surface area contributed by atoms with E-state index in [0.717, 1.165) is 0 Å². The highest BCUT2D eigenvalue weighted by Gasteiger charge is 2.27. The van der Waals surface area contributed by atoms with Crippen molar-refractivity contribution in [2.45, 2.75) is 57.8 Å². The normalized spacial score (nSPS) is 16.1. The topological polar surface area (TPSA) is 137 Å². The predicted molar refractivity (Wildman–Crippen MR) is 127 cm³/mol. The smallest absolute Gasteiger partial charge is 0.410 e. The molecule has 2 aromatic rings. The minimum absolute atomic E-state index is 0.0878. The Kier molecular flexibility index (Phi) is 8.13. The van der Waals surface area contributed by atoms with Gasteiger partial charge in [0.1, 0.15) is 12.4 Å². The first-order chi connectivity index (χ1) is 16.1. The first-order valence-corrected chi connectivity index (χ1v) is 12.8. The molecule has 0 aromatic carbocycles. The summed E-state index contributed by atoms with van der Waals surface area (Å²) in [6, 6.07) is 3.20. The molecule has 0 radical (unpaired) electrons. The van der Waals surface area contributed by atoms with Gasteiger partial charge in [-0.05, 0) is 39.8 Å². The highest BCUT2D eigenvalue weighted by Crippen LogP contribution is 2.35. The minimum atomic E-state index is -3.15. The molecule has 12 heteroatoms. The molecule has 0 saturated carbocycles. The number of nitrogens with zero attached hydrogens (tertiary/aromatic N) is 4. The van der Waals surface area contributed by atoms with Crippen molar-refractivity contribution in [3.8, 4) is 11.6 Å². The number of aryl methyl sites for hydroxylation is 1. The lowest BCUT2D eigenvalue weighted by atomic mass is 10.1. The largest absolute Gasteiger partial charge is 0.489 e. The molecule has 1 aliphatic heterocycles. The number of carbonyl (C=O) groups is 1. The standard InChI is InChI=1S/C22H31N5O6S/c1-6-34(29,30)18-8-7-17(15(4)25-18)26-20-19(31-5)21(24-13-23-20)33-16-9-11-27(12-10-16)22(28)32-14(2)3/h7-8,13-14,16H,6,9-12H2,1-5H3,(H,23,24,26)/p+1. The van der Waals surface area contributed by atoms with Crippen LogP contribution in [0, 0.1) is 6.92 Å². The number of ether oxygens (including phenoxy) is 3. The van der Waals surface area contributed by atoms with Gasteiger partial charge in [-0.1, -0.05) is 0 Å². The van der Waals surface area contributed by atoms with Crippen LogP contribution in [0.15, 0.2) is 23.5 Å². The van der Waals surface area contributed by atoms with E-state index in [1.165, 1.54) is 19.5 Å². The molecule has 11 nitrogen and oxygen atoms in total. The van der Waals surface area contributed by atoms with Crippen LogP contribution >= 0.6 is 0 Å². The van der Waals surface area contributed by atoms with Crippen LogP contribution in [0.4, 0.5) is 16.3 Å². The number of pyridine rings is 1. The molecule has 186 valence electrons. The third-order valence-electron chi connectivity index (χ3n) is 5.32. The molecule has 1 atom stereocenters. The lowest BCUT2D eigenvalue weighted by molar-refractivity contribution is 0.0500. The average molecular weight is 495 g/mol. The Bertz CT molecular complexity index is 1120. The number of carbonyl (C=O) groups excluding carboxylic acids is 1. The van der Waals surface area contributed by atoms with Gasteiger partial charge in [0.2, 0.25) is 10.8 Å². The van der Waals surface area contributed by atoms with Gasteiger partial charge in [-0.3, -0.25) is 0 Å². The maximum absolute atomic E-state index is 12.2. The molecule has 2 N–H and O–H groups in total. The Morgan fingerprint density at radius 3 is 2.59 bits per heavy atom. The molecule has 3 rings (SSSR count). The molecule has 0 bridgehead atoms. The van der Waals surface area contributed by atoms with E-state index in [0.29, 0.717) is 48.9 Å². The Balaban J connectivity index is 1.71. The van der Waals surface area contributed by atoms with Gasteiger partial charge < -0.3 is 24.4 Å². The lowest BCUT2D eigenvalue weighted by Crippen LogP contribution is -2.42. The van der Waals surface area contributed by atoms with E-state index in [2.05, 4.69) is 20.3 Å². The highest BCUT2D eigenvalue weighted by atomic mass is 32.2. The number of anilines is 2. The van der Waals surface area contributed by atoms with Crippen LogP contribution in [0.3, 0.4) is 0 Å². The molecule has 1 unspecified atom stereocenters. The summed E-state index contributed by atoms with van der Waals surface area (Å²) in [5.74, 6) is 1.08. The van der Waals surface area contributed by atoms with Crippen molar-refractivity contribution in [1.29, 1.82) is 0 Å². The third kappa shape index (κ3) is 6.04.